The Kier molecular flexibility index (Phi) is 2.70. The van der Waals surface area contributed by atoms with Crippen LogP contribution in [0, 0.1) is 0 Å². The Morgan fingerprint density at radius 3 is 2.88 bits per heavy atom. The summed E-state index contributed by atoms with van der Waals surface area (Å²) in [4.78, 5) is 11.5. The van der Waals surface area contributed by atoms with Gasteiger partial charge in [0.05, 0.1) is 0 Å². The summed E-state index contributed by atoms with van der Waals surface area (Å²) in [7, 11) is 0. The van der Waals surface area contributed by atoms with Crippen LogP contribution in [0.1, 0.15) is 19.6 Å². The van der Waals surface area contributed by atoms with Crippen molar-refractivity contribution in [2.75, 3.05) is 0 Å². The highest BCUT2D eigenvalue weighted by molar-refractivity contribution is 5.49. The number of fused-ring (bicyclic) bond motifs is 1. The topological polar surface area (TPSA) is 68.9 Å². The Morgan fingerprint density at radius 1 is 1.44 bits per heavy atom. The normalized spacial score (nSPS) is 23.7. The maximum atomic E-state index is 11.5. The van der Waals surface area contributed by atoms with Gasteiger partial charge in [0.1, 0.15) is 5.76 Å². The standard InChI is InChI=1S/C11H12O5/c1-3-4-7-5-8-9(11(13)15-7)16-10(12)6(2)14-8/h3-6,10,12H,1-2H3/b4-3+/t6?,10-/m1/s1. The number of rotatable bonds is 1. The van der Waals surface area contributed by atoms with Crippen molar-refractivity contribution in [1.29, 1.82) is 0 Å². The number of hydrogen-bond acceptors (Lipinski definition) is 5. The molecular formula is C11H12O5. The Balaban J connectivity index is 2.48. The molecule has 1 unspecified atom stereocenters. The molecule has 86 valence electrons. The molecule has 5 heteroatoms. The molecule has 0 saturated heterocycles. The van der Waals surface area contributed by atoms with Crippen molar-refractivity contribution < 1.29 is 19.0 Å². The van der Waals surface area contributed by atoms with Crippen LogP contribution in [0.5, 0.6) is 11.5 Å². The van der Waals surface area contributed by atoms with E-state index < -0.39 is 18.0 Å². The van der Waals surface area contributed by atoms with E-state index in [1.807, 2.05) is 6.92 Å². The molecule has 1 N–H and O–H groups in total. The molecule has 1 aromatic heterocycles. The van der Waals surface area contributed by atoms with Crippen LogP contribution in [0.25, 0.3) is 6.08 Å². The van der Waals surface area contributed by atoms with Gasteiger partial charge in [-0.05, 0) is 19.9 Å². The Labute approximate surface area is 91.9 Å². The van der Waals surface area contributed by atoms with Gasteiger partial charge in [0.15, 0.2) is 11.9 Å². The van der Waals surface area contributed by atoms with Crippen LogP contribution in [0.15, 0.2) is 21.4 Å². The quantitative estimate of drug-likeness (QED) is 0.774. The molecule has 5 nitrogen and oxygen atoms in total. The van der Waals surface area contributed by atoms with Crippen molar-refractivity contribution in [1.82, 2.24) is 0 Å². The third-order valence-corrected chi connectivity index (χ3v) is 2.18. The first kappa shape index (κ1) is 10.8. The van der Waals surface area contributed by atoms with Gasteiger partial charge in [-0.1, -0.05) is 6.08 Å². The maximum absolute atomic E-state index is 11.5. The molecule has 0 aliphatic carbocycles. The minimum atomic E-state index is -1.15. The minimum absolute atomic E-state index is 0.0844. The number of aliphatic hydroxyl groups is 1. The summed E-state index contributed by atoms with van der Waals surface area (Å²) >= 11 is 0. The Morgan fingerprint density at radius 2 is 2.19 bits per heavy atom. The van der Waals surface area contributed by atoms with E-state index in [9.17, 15) is 9.90 Å². The lowest BCUT2D eigenvalue weighted by molar-refractivity contribution is -0.108. The fourth-order valence-electron chi connectivity index (χ4n) is 1.39. The predicted molar refractivity (Wildman–Crippen MR) is 56.4 cm³/mol. The van der Waals surface area contributed by atoms with Crippen molar-refractivity contribution in [3.8, 4) is 11.5 Å². The molecule has 1 aliphatic heterocycles. The van der Waals surface area contributed by atoms with Gasteiger partial charge in [0, 0.05) is 6.07 Å². The molecule has 0 fully saturated rings. The van der Waals surface area contributed by atoms with Crippen molar-refractivity contribution in [3.05, 3.63) is 28.3 Å². The highest BCUT2D eigenvalue weighted by Crippen LogP contribution is 2.31. The molecule has 0 radical (unpaired) electrons. The van der Waals surface area contributed by atoms with E-state index >= 15 is 0 Å². The molecule has 2 rings (SSSR count). The van der Waals surface area contributed by atoms with Gasteiger partial charge in [-0.2, -0.15) is 0 Å². The zero-order valence-electron chi connectivity index (χ0n) is 8.97. The SMILES string of the molecule is C/C=C/c1cc2c(c(=O)o1)O[C@@H](O)C(C)O2. The number of aliphatic hydroxyl groups excluding tert-OH is 1. The average molecular weight is 224 g/mol. The molecule has 1 aromatic rings. The summed E-state index contributed by atoms with van der Waals surface area (Å²) in [6.07, 6.45) is 1.71. The van der Waals surface area contributed by atoms with Crippen molar-refractivity contribution in [2.24, 2.45) is 0 Å². The van der Waals surface area contributed by atoms with Gasteiger partial charge in [0.25, 0.3) is 5.75 Å². The second-order valence-corrected chi connectivity index (χ2v) is 3.46. The first-order valence-corrected chi connectivity index (χ1v) is 4.94. The number of ether oxygens (including phenoxy) is 2. The fourth-order valence-corrected chi connectivity index (χ4v) is 1.39. The largest absolute Gasteiger partial charge is 0.480 e. The van der Waals surface area contributed by atoms with Crippen molar-refractivity contribution in [2.45, 2.75) is 26.2 Å². The lowest BCUT2D eigenvalue weighted by atomic mass is 10.3. The third-order valence-electron chi connectivity index (χ3n) is 2.18. The summed E-state index contributed by atoms with van der Waals surface area (Å²) < 4.78 is 15.3. The molecule has 0 bridgehead atoms. The zero-order valence-corrected chi connectivity index (χ0v) is 8.97. The van der Waals surface area contributed by atoms with Crippen LogP contribution >= 0.6 is 0 Å². The predicted octanol–water partition coefficient (Wildman–Crippen LogP) is 1.15. The van der Waals surface area contributed by atoms with Gasteiger partial charge in [-0.15, -0.1) is 0 Å². The summed E-state index contributed by atoms with van der Waals surface area (Å²) in [5, 5.41) is 9.38. The van der Waals surface area contributed by atoms with Gasteiger partial charge in [0.2, 0.25) is 6.29 Å². The van der Waals surface area contributed by atoms with Gasteiger partial charge in [-0.25, -0.2) is 4.79 Å². The van der Waals surface area contributed by atoms with Crippen molar-refractivity contribution >= 4 is 6.08 Å². The molecule has 0 spiro atoms. The second kappa shape index (κ2) is 4.02. The monoisotopic (exact) mass is 224 g/mol. The number of allylic oxidation sites excluding steroid dienone is 1. The highest BCUT2D eigenvalue weighted by atomic mass is 16.7. The van der Waals surface area contributed by atoms with Gasteiger partial charge >= 0.3 is 5.63 Å². The minimum Gasteiger partial charge on any atom is -0.480 e. The molecule has 0 saturated carbocycles. The highest BCUT2D eigenvalue weighted by Gasteiger charge is 2.29. The van der Waals surface area contributed by atoms with E-state index in [-0.39, 0.29) is 5.75 Å². The van der Waals surface area contributed by atoms with Crippen LogP contribution in [0.2, 0.25) is 0 Å². The van der Waals surface area contributed by atoms with E-state index in [1.54, 1.807) is 25.1 Å². The lowest BCUT2D eigenvalue weighted by Gasteiger charge is -2.27. The zero-order chi connectivity index (χ0) is 11.7. The summed E-state index contributed by atoms with van der Waals surface area (Å²) in [6.45, 7) is 3.46. The van der Waals surface area contributed by atoms with Crippen LogP contribution in [0.3, 0.4) is 0 Å². The Bertz CT molecular complexity index is 474. The smallest absolute Gasteiger partial charge is 0.383 e. The van der Waals surface area contributed by atoms with Crippen LogP contribution in [-0.4, -0.2) is 17.5 Å². The summed E-state index contributed by atoms with van der Waals surface area (Å²) in [5.41, 5.74) is -0.656. The van der Waals surface area contributed by atoms with E-state index in [4.69, 9.17) is 13.9 Å². The summed E-state index contributed by atoms with van der Waals surface area (Å²) in [6, 6.07) is 1.55. The molecule has 2 atom stereocenters. The molecule has 16 heavy (non-hydrogen) atoms. The molecule has 0 aromatic carbocycles. The van der Waals surface area contributed by atoms with Crippen LogP contribution in [0.4, 0.5) is 0 Å². The second-order valence-electron chi connectivity index (χ2n) is 3.46. The van der Waals surface area contributed by atoms with Gasteiger partial charge in [-0.3, -0.25) is 0 Å². The lowest BCUT2D eigenvalue weighted by Crippen LogP contribution is -2.39. The molecule has 2 heterocycles. The van der Waals surface area contributed by atoms with Crippen LogP contribution in [-0.2, 0) is 0 Å². The maximum Gasteiger partial charge on any atom is 0.383 e. The molecule has 1 aliphatic rings. The first-order chi connectivity index (χ1) is 7.61. The third kappa shape index (κ3) is 1.81. The average Bonchev–Trinajstić information content (AvgIpc) is 2.22. The van der Waals surface area contributed by atoms with Crippen molar-refractivity contribution in [3.63, 3.8) is 0 Å². The van der Waals surface area contributed by atoms with Gasteiger partial charge < -0.3 is 19.0 Å². The van der Waals surface area contributed by atoms with E-state index in [0.717, 1.165) is 0 Å². The van der Waals surface area contributed by atoms with E-state index in [0.29, 0.717) is 11.5 Å². The summed E-state index contributed by atoms with van der Waals surface area (Å²) in [5.74, 6) is 0.597. The fraction of sp³-hybridized carbons (Fsp3) is 0.364. The molecule has 0 amide bonds. The van der Waals surface area contributed by atoms with E-state index in [1.165, 1.54) is 0 Å². The van der Waals surface area contributed by atoms with E-state index in [2.05, 4.69) is 0 Å². The molecular weight excluding hydrogens is 212 g/mol. The van der Waals surface area contributed by atoms with Crippen LogP contribution < -0.4 is 15.1 Å². The Hall–Kier alpha value is -1.75. The first-order valence-electron chi connectivity index (χ1n) is 4.94. The number of hydrogen-bond donors (Lipinski definition) is 1.